The fourth-order valence-corrected chi connectivity index (χ4v) is 3.88. The van der Waals surface area contributed by atoms with Crippen LogP contribution < -0.4 is 10.0 Å². The number of hydrazine groups is 1. The largest absolute Gasteiger partial charge is 0.480 e. The van der Waals surface area contributed by atoms with Gasteiger partial charge in [-0.1, -0.05) is 49.7 Å². The normalized spacial score (nSPS) is 18.5. The molecule has 1 heterocycles. The van der Waals surface area contributed by atoms with Crippen molar-refractivity contribution in [2.75, 3.05) is 10.0 Å². The van der Waals surface area contributed by atoms with Gasteiger partial charge in [-0.2, -0.15) is 0 Å². The molecule has 2 fully saturated rings. The molecule has 0 bridgehead atoms. The number of aliphatic carboxylic acids is 1. The second kappa shape index (κ2) is 8.11. The Kier molecular flexibility index (Phi) is 5.46. The van der Waals surface area contributed by atoms with Crippen LogP contribution in [0, 0.1) is 5.41 Å². The van der Waals surface area contributed by atoms with E-state index in [2.05, 4.69) is 0 Å². The number of nitrogens with zero attached hydrogens (tertiary/aromatic N) is 2. The van der Waals surface area contributed by atoms with E-state index in [1.54, 1.807) is 60.7 Å². The molecule has 8 nitrogen and oxygen atoms in total. The Bertz CT molecular complexity index is 991. The minimum atomic E-state index is -2.12. The van der Waals surface area contributed by atoms with Crippen LogP contribution in [0.2, 0.25) is 0 Å². The number of esters is 1. The molecule has 8 heteroatoms. The van der Waals surface area contributed by atoms with Crippen LogP contribution in [0.5, 0.6) is 0 Å². The molecule has 1 N–H and O–H groups in total. The second-order valence-electron chi connectivity index (χ2n) is 8.11. The Morgan fingerprint density at radius 2 is 1.38 bits per heavy atom. The SMILES string of the molecule is CCCCC1(OC(=O)C2(C(=O)O)CC2)C(=O)N(c2ccccc2)N(c2ccccc2)C1=O. The molecule has 0 unspecified atom stereocenters. The summed E-state index contributed by atoms with van der Waals surface area (Å²) in [6.07, 6.45) is 1.31. The molecule has 0 atom stereocenters. The van der Waals surface area contributed by atoms with Gasteiger partial charge in [0.25, 0.3) is 5.60 Å². The Balaban J connectivity index is 1.82. The first kappa shape index (κ1) is 21.5. The van der Waals surface area contributed by atoms with E-state index in [4.69, 9.17) is 4.74 Å². The molecular formula is C24H24N2O6. The fraction of sp³-hybridized carbons (Fsp3) is 0.333. The van der Waals surface area contributed by atoms with Crippen molar-refractivity contribution < 1.29 is 29.0 Å². The van der Waals surface area contributed by atoms with Gasteiger partial charge in [-0.05, 0) is 43.5 Å². The maximum absolute atomic E-state index is 13.8. The summed E-state index contributed by atoms with van der Waals surface area (Å²) in [5.41, 5.74) is -2.94. The molecule has 32 heavy (non-hydrogen) atoms. The minimum absolute atomic E-state index is 0.0325. The van der Waals surface area contributed by atoms with Crippen molar-refractivity contribution in [3.05, 3.63) is 60.7 Å². The van der Waals surface area contributed by atoms with Gasteiger partial charge in [0.05, 0.1) is 11.4 Å². The number of carboxylic acids is 1. The number of hydrogen-bond donors (Lipinski definition) is 1. The van der Waals surface area contributed by atoms with Crippen molar-refractivity contribution in [3.63, 3.8) is 0 Å². The van der Waals surface area contributed by atoms with E-state index < -0.39 is 34.8 Å². The zero-order valence-electron chi connectivity index (χ0n) is 17.7. The van der Waals surface area contributed by atoms with Crippen molar-refractivity contribution in [1.29, 1.82) is 0 Å². The summed E-state index contributed by atoms with van der Waals surface area (Å²) in [5.74, 6) is -3.75. The van der Waals surface area contributed by atoms with E-state index in [9.17, 15) is 24.3 Å². The Labute approximate surface area is 185 Å². The van der Waals surface area contributed by atoms with Gasteiger partial charge in [0.15, 0.2) is 5.41 Å². The molecule has 1 aliphatic carbocycles. The van der Waals surface area contributed by atoms with Gasteiger partial charge >= 0.3 is 23.8 Å². The lowest BCUT2D eigenvalue weighted by Crippen LogP contribution is -2.50. The van der Waals surface area contributed by atoms with Gasteiger partial charge in [-0.15, -0.1) is 0 Å². The summed E-state index contributed by atoms with van der Waals surface area (Å²) in [5, 5.41) is 11.9. The first-order valence-corrected chi connectivity index (χ1v) is 10.6. The Morgan fingerprint density at radius 3 is 1.75 bits per heavy atom. The third kappa shape index (κ3) is 3.32. The third-order valence-corrected chi connectivity index (χ3v) is 5.98. The maximum Gasteiger partial charge on any atom is 0.325 e. The lowest BCUT2D eigenvalue weighted by atomic mass is 9.94. The third-order valence-electron chi connectivity index (χ3n) is 5.98. The smallest absolute Gasteiger partial charge is 0.325 e. The summed E-state index contributed by atoms with van der Waals surface area (Å²) >= 11 is 0. The highest BCUT2D eigenvalue weighted by Crippen LogP contribution is 2.49. The quantitative estimate of drug-likeness (QED) is 0.503. The van der Waals surface area contributed by atoms with Gasteiger partial charge in [0.2, 0.25) is 0 Å². The topological polar surface area (TPSA) is 104 Å². The lowest BCUT2D eigenvalue weighted by molar-refractivity contribution is -0.179. The number of ether oxygens (including phenoxy) is 1. The number of carbonyl (C=O) groups excluding carboxylic acids is 3. The van der Waals surface area contributed by atoms with Crippen molar-refractivity contribution in [3.8, 4) is 0 Å². The highest BCUT2D eigenvalue weighted by molar-refractivity contribution is 6.29. The van der Waals surface area contributed by atoms with Crippen LogP contribution in [0.15, 0.2) is 60.7 Å². The molecular weight excluding hydrogens is 412 g/mol. The summed E-state index contributed by atoms with van der Waals surface area (Å²) in [7, 11) is 0. The highest BCUT2D eigenvalue weighted by atomic mass is 16.6. The average Bonchev–Trinajstić information content (AvgIpc) is 3.59. The standard InChI is InChI=1S/C24H24N2O6/c1-2-3-14-24(32-22(31)23(15-16-23)21(29)30)19(27)25(17-10-6-4-7-11-17)26(20(24)28)18-12-8-5-9-13-18/h4-13H,2-3,14-16H2,1H3,(H,29,30). The molecule has 2 aliphatic rings. The van der Waals surface area contributed by atoms with Crippen LogP contribution in [-0.4, -0.2) is 34.5 Å². The second-order valence-corrected chi connectivity index (χ2v) is 8.11. The molecule has 2 aromatic carbocycles. The van der Waals surface area contributed by atoms with E-state index in [0.717, 1.165) is 0 Å². The van der Waals surface area contributed by atoms with Crippen LogP contribution in [0.3, 0.4) is 0 Å². The van der Waals surface area contributed by atoms with Crippen molar-refractivity contribution >= 4 is 35.1 Å². The monoisotopic (exact) mass is 436 g/mol. The van der Waals surface area contributed by atoms with Gasteiger partial charge < -0.3 is 9.84 Å². The number of rotatable bonds is 8. The zero-order chi connectivity index (χ0) is 22.9. The van der Waals surface area contributed by atoms with E-state index >= 15 is 0 Å². The number of amides is 2. The molecule has 0 aromatic heterocycles. The van der Waals surface area contributed by atoms with Crippen LogP contribution >= 0.6 is 0 Å². The highest BCUT2D eigenvalue weighted by Gasteiger charge is 2.66. The van der Waals surface area contributed by atoms with Gasteiger partial charge in [-0.25, -0.2) is 10.0 Å². The van der Waals surface area contributed by atoms with Crippen molar-refractivity contribution in [2.45, 2.75) is 44.6 Å². The molecule has 2 aromatic rings. The van der Waals surface area contributed by atoms with Gasteiger partial charge in [-0.3, -0.25) is 19.2 Å². The first-order valence-electron chi connectivity index (χ1n) is 10.6. The van der Waals surface area contributed by atoms with Crippen LogP contribution in [0.1, 0.15) is 39.0 Å². The van der Waals surface area contributed by atoms with E-state index in [0.29, 0.717) is 24.2 Å². The average molecular weight is 436 g/mol. The summed E-state index contributed by atoms with van der Waals surface area (Å²) in [4.78, 5) is 52.2. The maximum atomic E-state index is 13.8. The number of anilines is 2. The van der Waals surface area contributed by atoms with Crippen molar-refractivity contribution in [2.24, 2.45) is 5.41 Å². The first-order chi connectivity index (χ1) is 15.4. The van der Waals surface area contributed by atoms with E-state index in [1.807, 2.05) is 6.92 Å². The van der Waals surface area contributed by atoms with E-state index in [1.165, 1.54) is 10.0 Å². The van der Waals surface area contributed by atoms with Crippen LogP contribution in [0.25, 0.3) is 0 Å². The van der Waals surface area contributed by atoms with Crippen LogP contribution in [0.4, 0.5) is 11.4 Å². The number of benzene rings is 2. The molecule has 166 valence electrons. The molecule has 0 radical (unpaired) electrons. The number of carboxylic acid groups (broad SMARTS) is 1. The van der Waals surface area contributed by atoms with Crippen molar-refractivity contribution in [1.82, 2.24) is 0 Å². The Hall–Kier alpha value is -3.68. The molecule has 1 saturated heterocycles. The Morgan fingerprint density at radius 1 is 0.906 bits per heavy atom. The number of para-hydroxylation sites is 2. The number of unbranched alkanes of at least 4 members (excludes halogenated alkanes) is 1. The molecule has 4 rings (SSSR count). The predicted octanol–water partition coefficient (Wildman–Crippen LogP) is 3.32. The summed E-state index contributed by atoms with van der Waals surface area (Å²) in [6.45, 7) is 1.89. The predicted molar refractivity (Wildman–Crippen MR) is 116 cm³/mol. The van der Waals surface area contributed by atoms with Crippen LogP contribution in [-0.2, 0) is 23.9 Å². The zero-order valence-corrected chi connectivity index (χ0v) is 17.7. The van der Waals surface area contributed by atoms with Gasteiger partial charge in [0, 0.05) is 6.42 Å². The van der Waals surface area contributed by atoms with Gasteiger partial charge in [0.1, 0.15) is 0 Å². The molecule has 2 amide bonds. The number of hydrogen-bond acceptors (Lipinski definition) is 5. The number of carbonyl (C=O) groups is 4. The molecule has 0 spiro atoms. The van der Waals surface area contributed by atoms with E-state index in [-0.39, 0.29) is 19.3 Å². The molecule has 1 saturated carbocycles. The minimum Gasteiger partial charge on any atom is -0.480 e. The summed E-state index contributed by atoms with van der Waals surface area (Å²) in [6, 6.07) is 17.2. The summed E-state index contributed by atoms with van der Waals surface area (Å²) < 4.78 is 5.62. The lowest BCUT2D eigenvalue weighted by Gasteiger charge is -2.27. The fourth-order valence-electron chi connectivity index (χ4n) is 3.88. The molecule has 1 aliphatic heterocycles.